The van der Waals surface area contributed by atoms with Crippen LogP contribution in [0.25, 0.3) is 16.2 Å². The highest BCUT2D eigenvalue weighted by Gasteiger charge is 2.14. The number of anilines is 1. The van der Waals surface area contributed by atoms with E-state index >= 15 is 0 Å². The highest BCUT2D eigenvalue weighted by molar-refractivity contribution is 9.10. The summed E-state index contributed by atoms with van der Waals surface area (Å²) >= 11 is 11.0. The fourth-order valence-corrected chi connectivity index (χ4v) is 3.52. The van der Waals surface area contributed by atoms with Gasteiger partial charge < -0.3 is 5.73 Å². The van der Waals surface area contributed by atoms with Gasteiger partial charge in [-0.05, 0) is 40.5 Å². The monoisotopic (exact) mass is 341 g/mol. The van der Waals surface area contributed by atoms with Crippen LogP contribution in [0.15, 0.2) is 28.2 Å². The van der Waals surface area contributed by atoms with Crippen LogP contribution in [0.5, 0.6) is 0 Å². The lowest BCUT2D eigenvalue weighted by molar-refractivity contribution is 1.16. The highest BCUT2D eigenvalue weighted by Crippen LogP contribution is 2.34. The average molecular weight is 343 g/mol. The first-order chi connectivity index (χ1) is 8.56. The van der Waals surface area contributed by atoms with Gasteiger partial charge in [-0.15, -0.1) is 11.3 Å². The quantitative estimate of drug-likeness (QED) is 0.713. The number of nitrogens with two attached hydrogens (primary N) is 1. The number of hydrogen-bond acceptors (Lipinski definition) is 3. The van der Waals surface area contributed by atoms with E-state index in [2.05, 4.69) is 20.9 Å². The third-order valence-electron chi connectivity index (χ3n) is 2.71. The molecule has 6 heteroatoms. The molecule has 0 unspecified atom stereocenters. The molecule has 0 aliphatic carbocycles. The van der Waals surface area contributed by atoms with Crippen LogP contribution in [0, 0.1) is 6.92 Å². The van der Waals surface area contributed by atoms with Crippen LogP contribution >= 0.6 is 38.9 Å². The van der Waals surface area contributed by atoms with Gasteiger partial charge in [-0.1, -0.05) is 11.6 Å². The lowest BCUT2D eigenvalue weighted by atomic mass is 10.3. The zero-order chi connectivity index (χ0) is 12.9. The van der Waals surface area contributed by atoms with E-state index in [1.54, 1.807) is 11.3 Å². The number of nitrogen functional groups attached to an aromatic ring is 1. The summed E-state index contributed by atoms with van der Waals surface area (Å²) in [5.74, 6) is 0.632. The number of nitrogens with zero attached hydrogens (tertiary/aromatic N) is 2. The molecule has 92 valence electrons. The Hall–Kier alpha value is -1.04. The van der Waals surface area contributed by atoms with Crippen LogP contribution in [0.4, 0.5) is 5.82 Å². The van der Waals surface area contributed by atoms with Gasteiger partial charge in [-0.2, -0.15) is 0 Å². The van der Waals surface area contributed by atoms with E-state index in [0.717, 1.165) is 26.3 Å². The topological polar surface area (TPSA) is 43.3 Å². The molecule has 2 N–H and O–H groups in total. The minimum Gasteiger partial charge on any atom is -0.383 e. The summed E-state index contributed by atoms with van der Waals surface area (Å²) in [6.45, 7) is 2.01. The maximum atomic E-state index is 6.16. The number of aromatic nitrogens is 2. The molecule has 0 radical (unpaired) electrons. The van der Waals surface area contributed by atoms with E-state index in [1.807, 2.05) is 35.0 Å². The lowest BCUT2D eigenvalue weighted by Gasteiger charge is -2.00. The van der Waals surface area contributed by atoms with Crippen molar-refractivity contribution >= 4 is 50.3 Å². The maximum Gasteiger partial charge on any atom is 0.142 e. The smallest absolute Gasteiger partial charge is 0.142 e. The highest BCUT2D eigenvalue weighted by atomic mass is 79.9. The Balaban J connectivity index is 2.32. The zero-order valence-corrected chi connectivity index (χ0v) is 12.6. The summed E-state index contributed by atoms with van der Waals surface area (Å²) in [6, 6.07) is 3.90. The molecular weight excluding hydrogens is 334 g/mol. The minimum atomic E-state index is 0.632. The number of aryl methyl sites for hydroxylation is 1. The van der Waals surface area contributed by atoms with Crippen molar-refractivity contribution in [2.24, 2.45) is 0 Å². The number of pyridine rings is 1. The lowest BCUT2D eigenvalue weighted by Crippen LogP contribution is -1.94. The van der Waals surface area contributed by atoms with Crippen molar-refractivity contribution in [1.82, 2.24) is 9.38 Å². The van der Waals surface area contributed by atoms with Gasteiger partial charge in [0.15, 0.2) is 0 Å². The van der Waals surface area contributed by atoms with Gasteiger partial charge >= 0.3 is 0 Å². The standard InChI is InChI=1S/C12H9BrClN3S/c1-6-2-7(13)4-17-11(15)10(16-12(6)17)9-3-8(14)5-18-9/h2-5H,15H2,1H3. The molecule has 3 nitrogen and oxygen atoms in total. The van der Waals surface area contributed by atoms with Crippen molar-refractivity contribution in [3.05, 3.63) is 38.8 Å². The fraction of sp³-hybridized carbons (Fsp3) is 0.0833. The Morgan fingerprint density at radius 3 is 2.89 bits per heavy atom. The van der Waals surface area contributed by atoms with Gasteiger partial charge in [0, 0.05) is 16.0 Å². The van der Waals surface area contributed by atoms with E-state index < -0.39 is 0 Å². The van der Waals surface area contributed by atoms with E-state index in [0.29, 0.717) is 10.8 Å². The number of fused-ring (bicyclic) bond motifs is 1. The number of imidazole rings is 1. The Kier molecular flexibility index (Phi) is 2.84. The Morgan fingerprint density at radius 2 is 2.22 bits per heavy atom. The van der Waals surface area contributed by atoms with Crippen molar-refractivity contribution in [2.45, 2.75) is 6.92 Å². The van der Waals surface area contributed by atoms with E-state index in [-0.39, 0.29) is 0 Å². The Labute approximate surface area is 121 Å². The molecule has 0 spiro atoms. The van der Waals surface area contributed by atoms with Gasteiger partial charge in [0.25, 0.3) is 0 Å². The van der Waals surface area contributed by atoms with E-state index in [9.17, 15) is 0 Å². The summed E-state index contributed by atoms with van der Waals surface area (Å²) in [7, 11) is 0. The normalized spacial score (nSPS) is 11.3. The third-order valence-corrected chi connectivity index (χ3v) is 4.43. The molecule has 18 heavy (non-hydrogen) atoms. The molecule has 0 saturated carbocycles. The molecule has 3 rings (SSSR count). The molecule has 0 fully saturated rings. The number of thiophene rings is 1. The maximum absolute atomic E-state index is 6.16. The van der Waals surface area contributed by atoms with Gasteiger partial charge in [0.2, 0.25) is 0 Å². The average Bonchev–Trinajstić information content (AvgIpc) is 2.85. The van der Waals surface area contributed by atoms with Gasteiger partial charge in [0.05, 0.1) is 9.90 Å². The number of halogens is 2. The second kappa shape index (κ2) is 4.26. The Bertz CT molecular complexity index is 747. The molecule has 0 aliphatic rings. The number of rotatable bonds is 1. The summed E-state index contributed by atoms with van der Waals surface area (Å²) in [6.07, 6.45) is 1.92. The SMILES string of the molecule is Cc1cc(Br)cn2c(N)c(-c3cc(Cl)cs3)nc12. The molecule has 0 saturated heterocycles. The Morgan fingerprint density at radius 1 is 1.44 bits per heavy atom. The predicted molar refractivity (Wildman–Crippen MR) is 80.4 cm³/mol. The molecule has 0 amide bonds. The largest absolute Gasteiger partial charge is 0.383 e. The molecule has 0 aromatic carbocycles. The first-order valence-corrected chi connectivity index (χ1v) is 7.29. The summed E-state index contributed by atoms with van der Waals surface area (Å²) in [4.78, 5) is 5.59. The molecule has 3 aromatic heterocycles. The van der Waals surface area contributed by atoms with Gasteiger partial charge in [-0.25, -0.2) is 4.98 Å². The molecule has 0 aliphatic heterocycles. The second-order valence-electron chi connectivity index (χ2n) is 4.01. The molecule has 3 heterocycles. The van der Waals surface area contributed by atoms with Crippen LogP contribution in [-0.4, -0.2) is 9.38 Å². The van der Waals surface area contributed by atoms with Crippen LogP contribution in [0.2, 0.25) is 5.02 Å². The van der Waals surface area contributed by atoms with Crippen molar-refractivity contribution in [3.63, 3.8) is 0 Å². The molecule has 0 atom stereocenters. The van der Waals surface area contributed by atoms with Crippen LogP contribution < -0.4 is 5.73 Å². The molecule has 0 bridgehead atoms. The van der Waals surface area contributed by atoms with Crippen molar-refractivity contribution < 1.29 is 0 Å². The van der Waals surface area contributed by atoms with Crippen LogP contribution in [-0.2, 0) is 0 Å². The van der Waals surface area contributed by atoms with E-state index in [1.165, 1.54) is 0 Å². The van der Waals surface area contributed by atoms with E-state index in [4.69, 9.17) is 17.3 Å². The first kappa shape index (κ1) is 12.0. The summed E-state index contributed by atoms with van der Waals surface area (Å²) in [5.41, 5.74) is 8.89. The van der Waals surface area contributed by atoms with Crippen LogP contribution in [0.3, 0.4) is 0 Å². The van der Waals surface area contributed by atoms with Gasteiger partial charge in [-0.3, -0.25) is 4.40 Å². The van der Waals surface area contributed by atoms with Crippen molar-refractivity contribution in [2.75, 3.05) is 5.73 Å². The summed E-state index contributed by atoms with van der Waals surface area (Å²) in [5, 5.41) is 2.59. The third kappa shape index (κ3) is 1.83. The predicted octanol–water partition coefficient (Wildman–Crippen LogP) is 4.37. The molecule has 3 aromatic rings. The molecular formula is C12H9BrClN3S. The van der Waals surface area contributed by atoms with Crippen LogP contribution in [0.1, 0.15) is 5.56 Å². The summed E-state index contributed by atoms with van der Waals surface area (Å²) < 4.78 is 2.87. The minimum absolute atomic E-state index is 0.632. The zero-order valence-electron chi connectivity index (χ0n) is 9.45. The van der Waals surface area contributed by atoms with Gasteiger partial charge in [0.1, 0.15) is 17.2 Å². The van der Waals surface area contributed by atoms with Crippen molar-refractivity contribution in [1.29, 1.82) is 0 Å². The van der Waals surface area contributed by atoms with Crippen molar-refractivity contribution in [3.8, 4) is 10.6 Å². The second-order valence-corrected chi connectivity index (χ2v) is 6.27. The number of hydrogen-bond donors (Lipinski definition) is 1. The first-order valence-electron chi connectivity index (χ1n) is 5.24. The fourth-order valence-electron chi connectivity index (χ4n) is 1.90.